The molecule has 0 aromatic heterocycles. The van der Waals surface area contributed by atoms with E-state index in [-0.39, 0.29) is 21.5 Å². The Morgan fingerprint density at radius 2 is 1.86 bits per heavy atom. The van der Waals surface area contributed by atoms with Crippen molar-refractivity contribution in [2.75, 3.05) is 11.4 Å². The molecule has 0 aliphatic rings. The van der Waals surface area contributed by atoms with Crippen LogP contribution in [0, 0.1) is 5.82 Å². The molecular formula is C14H12Cl2FNO2S. The van der Waals surface area contributed by atoms with Crippen molar-refractivity contribution in [1.29, 1.82) is 0 Å². The third-order valence-electron chi connectivity index (χ3n) is 3.02. The van der Waals surface area contributed by atoms with Crippen LogP contribution in [0.5, 0.6) is 0 Å². The summed E-state index contributed by atoms with van der Waals surface area (Å²) in [5.74, 6) is -0.436. The fraction of sp³-hybridized carbons (Fsp3) is 0.143. The number of nitrogens with zero attached hydrogens (tertiary/aromatic N) is 1. The van der Waals surface area contributed by atoms with Gasteiger partial charge in [-0.25, -0.2) is 12.8 Å². The number of sulfonamides is 1. The second-order valence-electron chi connectivity index (χ2n) is 4.31. The minimum atomic E-state index is -3.90. The predicted octanol–water partition coefficient (Wildman–Crippen LogP) is 4.04. The zero-order valence-electron chi connectivity index (χ0n) is 11.1. The van der Waals surface area contributed by atoms with Crippen molar-refractivity contribution in [3.8, 4) is 0 Å². The average Bonchev–Trinajstić information content (AvgIpc) is 2.47. The van der Waals surface area contributed by atoms with Crippen LogP contribution in [0.3, 0.4) is 0 Å². The van der Waals surface area contributed by atoms with Gasteiger partial charge in [-0.3, -0.25) is 4.31 Å². The van der Waals surface area contributed by atoms with E-state index in [1.165, 1.54) is 43.4 Å². The molecule has 0 amide bonds. The van der Waals surface area contributed by atoms with E-state index < -0.39 is 15.8 Å². The van der Waals surface area contributed by atoms with Crippen LogP contribution >= 0.6 is 23.2 Å². The zero-order valence-corrected chi connectivity index (χ0v) is 13.4. The Morgan fingerprint density at radius 3 is 2.43 bits per heavy atom. The Kier molecular flexibility index (Phi) is 4.76. The van der Waals surface area contributed by atoms with Crippen LogP contribution in [0.4, 0.5) is 10.1 Å². The maximum Gasteiger partial charge on any atom is 0.264 e. The van der Waals surface area contributed by atoms with Gasteiger partial charge in [-0.1, -0.05) is 29.8 Å². The van der Waals surface area contributed by atoms with Gasteiger partial charge in [0.15, 0.2) is 0 Å². The van der Waals surface area contributed by atoms with Crippen molar-refractivity contribution < 1.29 is 12.8 Å². The van der Waals surface area contributed by atoms with E-state index in [2.05, 4.69) is 0 Å². The van der Waals surface area contributed by atoms with Crippen molar-refractivity contribution in [2.45, 2.75) is 10.8 Å². The number of hydrogen-bond donors (Lipinski definition) is 0. The maximum atomic E-state index is 13.7. The van der Waals surface area contributed by atoms with Crippen LogP contribution in [0.25, 0.3) is 0 Å². The van der Waals surface area contributed by atoms with Crippen molar-refractivity contribution in [2.24, 2.45) is 0 Å². The molecule has 2 aromatic carbocycles. The highest BCUT2D eigenvalue weighted by Gasteiger charge is 2.24. The van der Waals surface area contributed by atoms with E-state index in [1.54, 1.807) is 6.07 Å². The summed E-state index contributed by atoms with van der Waals surface area (Å²) in [4.78, 5) is -0.0212. The van der Waals surface area contributed by atoms with E-state index in [0.29, 0.717) is 5.56 Å². The highest BCUT2D eigenvalue weighted by Crippen LogP contribution is 2.27. The quantitative estimate of drug-likeness (QED) is 0.782. The summed E-state index contributed by atoms with van der Waals surface area (Å²) in [5, 5.41) is 0.257. The molecule has 0 N–H and O–H groups in total. The molecule has 0 radical (unpaired) electrons. The Hall–Kier alpha value is -1.30. The minimum Gasteiger partial charge on any atom is -0.266 e. The van der Waals surface area contributed by atoms with Crippen LogP contribution in [-0.2, 0) is 15.9 Å². The van der Waals surface area contributed by atoms with Gasteiger partial charge in [0.1, 0.15) is 5.82 Å². The molecule has 0 aliphatic heterocycles. The first-order valence-corrected chi connectivity index (χ1v) is 8.31. The molecule has 0 unspecified atom stereocenters. The number of hydrogen-bond acceptors (Lipinski definition) is 2. The molecule has 0 aliphatic carbocycles. The molecule has 0 atom stereocenters. The molecule has 7 heteroatoms. The Labute approximate surface area is 133 Å². The topological polar surface area (TPSA) is 37.4 Å². The highest BCUT2D eigenvalue weighted by molar-refractivity contribution is 7.92. The van der Waals surface area contributed by atoms with Crippen LogP contribution < -0.4 is 4.31 Å². The molecule has 0 saturated heterocycles. The van der Waals surface area contributed by atoms with Gasteiger partial charge in [0.05, 0.1) is 10.6 Å². The van der Waals surface area contributed by atoms with Crippen molar-refractivity contribution >= 4 is 38.9 Å². The minimum absolute atomic E-state index is 0.0212. The first kappa shape index (κ1) is 16.1. The third-order valence-corrected chi connectivity index (χ3v) is 5.43. The molecule has 0 fully saturated rings. The van der Waals surface area contributed by atoms with E-state index in [9.17, 15) is 12.8 Å². The monoisotopic (exact) mass is 347 g/mol. The first-order valence-electron chi connectivity index (χ1n) is 5.96. The summed E-state index contributed by atoms with van der Waals surface area (Å²) < 4.78 is 39.6. The number of para-hydroxylation sites is 1. The Morgan fingerprint density at radius 1 is 1.19 bits per heavy atom. The van der Waals surface area contributed by atoms with E-state index >= 15 is 0 Å². The highest BCUT2D eigenvalue weighted by atomic mass is 35.5. The molecule has 0 spiro atoms. The molecule has 21 heavy (non-hydrogen) atoms. The van der Waals surface area contributed by atoms with Crippen LogP contribution in [-0.4, -0.2) is 15.5 Å². The predicted molar refractivity (Wildman–Crippen MR) is 83.0 cm³/mol. The third kappa shape index (κ3) is 3.15. The van der Waals surface area contributed by atoms with E-state index in [0.717, 1.165) is 4.31 Å². The second kappa shape index (κ2) is 6.22. The van der Waals surface area contributed by atoms with Gasteiger partial charge in [-0.05, 0) is 29.8 Å². The van der Waals surface area contributed by atoms with Crippen molar-refractivity contribution in [3.05, 3.63) is 58.9 Å². The second-order valence-corrected chi connectivity index (χ2v) is 6.95. The Balaban J connectivity index is 2.47. The molecule has 0 bridgehead atoms. The van der Waals surface area contributed by atoms with Gasteiger partial charge < -0.3 is 0 Å². The van der Waals surface area contributed by atoms with E-state index in [1.807, 2.05) is 0 Å². The van der Waals surface area contributed by atoms with Crippen molar-refractivity contribution in [1.82, 2.24) is 0 Å². The number of benzene rings is 2. The van der Waals surface area contributed by atoms with Gasteiger partial charge in [0.2, 0.25) is 0 Å². The fourth-order valence-corrected chi connectivity index (χ4v) is 3.64. The maximum absolute atomic E-state index is 13.7. The molecule has 3 nitrogen and oxygen atoms in total. The molecule has 2 rings (SSSR count). The fourth-order valence-electron chi connectivity index (χ4n) is 1.79. The van der Waals surface area contributed by atoms with Crippen molar-refractivity contribution in [3.63, 3.8) is 0 Å². The lowest BCUT2D eigenvalue weighted by atomic mass is 10.2. The van der Waals surface area contributed by atoms with Gasteiger partial charge >= 0.3 is 0 Å². The lowest BCUT2D eigenvalue weighted by molar-refractivity contribution is 0.589. The summed E-state index contributed by atoms with van der Waals surface area (Å²) in [5.41, 5.74) is 0.598. The smallest absolute Gasteiger partial charge is 0.264 e. The summed E-state index contributed by atoms with van der Waals surface area (Å²) in [6, 6.07) is 9.89. The average molecular weight is 348 g/mol. The molecule has 0 heterocycles. The van der Waals surface area contributed by atoms with E-state index in [4.69, 9.17) is 23.2 Å². The molecular weight excluding hydrogens is 336 g/mol. The van der Waals surface area contributed by atoms with Gasteiger partial charge in [0.25, 0.3) is 10.0 Å². The van der Waals surface area contributed by atoms with Gasteiger partial charge in [-0.15, -0.1) is 11.6 Å². The number of alkyl halides is 1. The largest absolute Gasteiger partial charge is 0.266 e. The summed E-state index contributed by atoms with van der Waals surface area (Å²) in [7, 11) is -2.61. The summed E-state index contributed by atoms with van der Waals surface area (Å²) in [6.45, 7) is 0. The van der Waals surface area contributed by atoms with Gasteiger partial charge in [-0.2, -0.15) is 0 Å². The van der Waals surface area contributed by atoms with Gasteiger partial charge in [0, 0.05) is 18.0 Å². The van der Waals surface area contributed by atoms with Crippen LogP contribution in [0.15, 0.2) is 47.4 Å². The lowest BCUT2D eigenvalue weighted by Crippen LogP contribution is -2.27. The SMILES string of the molecule is CN(c1ccccc1F)S(=O)(=O)c1ccc(CCl)c(Cl)c1. The number of halogens is 3. The summed E-state index contributed by atoms with van der Waals surface area (Å²) >= 11 is 11.7. The Bertz CT molecular complexity index is 765. The van der Waals surface area contributed by atoms with Crippen LogP contribution in [0.2, 0.25) is 5.02 Å². The first-order chi connectivity index (χ1) is 9.87. The molecule has 0 saturated carbocycles. The molecule has 2 aromatic rings. The summed E-state index contributed by atoms with van der Waals surface area (Å²) in [6.07, 6.45) is 0. The lowest BCUT2D eigenvalue weighted by Gasteiger charge is -2.20. The van der Waals surface area contributed by atoms with Crippen LogP contribution in [0.1, 0.15) is 5.56 Å². The molecule has 112 valence electrons. The number of rotatable bonds is 4. The standard InChI is InChI=1S/C14H12Cl2FNO2S/c1-18(14-5-3-2-4-13(14)17)21(19,20)11-7-6-10(9-15)12(16)8-11/h2-8H,9H2,1H3. The zero-order chi connectivity index (χ0) is 15.6. The number of anilines is 1. The normalized spacial score (nSPS) is 11.4.